The first-order valence-electron chi connectivity index (χ1n) is 9.51. The molecule has 1 saturated heterocycles. The maximum absolute atomic E-state index is 10.3. The molecule has 0 spiro atoms. The standard InChI is InChI=1S/C17H26N3O5P.C2H6/c1-3-5-7-12(6-4-2)20-11-14(18-19-20)17-16(22)15(21)10-13(25-17)8-9-26(23)24;1-2/h3-7,11,13,15-17,21-24H,8-10H2,1-2H3;1-2H3/b5-3-,6-4-,12-7+;. The summed E-state index contributed by atoms with van der Waals surface area (Å²) in [6.07, 6.45) is 8.57. The Bertz CT molecular complexity index is 660. The van der Waals surface area contributed by atoms with Crippen LogP contribution < -0.4 is 0 Å². The molecule has 1 fully saturated rings. The minimum atomic E-state index is -2.01. The van der Waals surface area contributed by atoms with E-state index in [2.05, 4.69) is 10.3 Å². The minimum Gasteiger partial charge on any atom is -0.390 e. The molecule has 4 N–H and O–H groups in total. The molecule has 0 aliphatic carbocycles. The van der Waals surface area contributed by atoms with Gasteiger partial charge in [-0.05, 0) is 32.4 Å². The lowest BCUT2D eigenvalue weighted by Crippen LogP contribution is -2.43. The molecule has 4 atom stereocenters. The van der Waals surface area contributed by atoms with Crippen molar-refractivity contribution in [1.29, 1.82) is 0 Å². The van der Waals surface area contributed by atoms with E-state index in [4.69, 9.17) is 14.5 Å². The van der Waals surface area contributed by atoms with Crippen LogP contribution in [0.5, 0.6) is 0 Å². The van der Waals surface area contributed by atoms with E-state index in [0.717, 1.165) is 5.70 Å². The molecule has 158 valence electrons. The molecule has 8 nitrogen and oxygen atoms in total. The van der Waals surface area contributed by atoms with Crippen LogP contribution >= 0.6 is 8.38 Å². The van der Waals surface area contributed by atoms with Gasteiger partial charge in [0.1, 0.15) is 17.9 Å². The van der Waals surface area contributed by atoms with Crippen LogP contribution in [0.25, 0.3) is 5.70 Å². The molecular formula is C19H32N3O5P. The van der Waals surface area contributed by atoms with E-state index in [1.54, 1.807) is 10.9 Å². The van der Waals surface area contributed by atoms with Crippen LogP contribution in [-0.2, 0) is 4.74 Å². The monoisotopic (exact) mass is 413 g/mol. The Kier molecular flexibility index (Phi) is 11.4. The fourth-order valence-corrected chi connectivity index (χ4v) is 3.27. The summed E-state index contributed by atoms with van der Waals surface area (Å²) in [5, 5.41) is 28.6. The molecule has 1 aliphatic heterocycles. The third-order valence-electron chi connectivity index (χ3n) is 4.06. The average Bonchev–Trinajstić information content (AvgIpc) is 3.17. The average molecular weight is 413 g/mol. The van der Waals surface area contributed by atoms with Gasteiger partial charge in [0.05, 0.1) is 24.1 Å². The maximum atomic E-state index is 10.3. The highest BCUT2D eigenvalue weighted by Gasteiger charge is 2.39. The van der Waals surface area contributed by atoms with Gasteiger partial charge in [0.2, 0.25) is 0 Å². The smallest absolute Gasteiger partial charge is 0.165 e. The lowest BCUT2D eigenvalue weighted by Gasteiger charge is -2.36. The number of aliphatic hydroxyl groups excluding tert-OH is 2. The number of ether oxygens (including phenoxy) is 1. The number of aromatic nitrogens is 3. The zero-order valence-electron chi connectivity index (χ0n) is 16.9. The van der Waals surface area contributed by atoms with Gasteiger partial charge < -0.3 is 24.7 Å². The summed E-state index contributed by atoms with van der Waals surface area (Å²) >= 11 is 0. The summed E-state index contributed by atoms with van der Waals surface area (Å²) in [4.78, 5) is 18.2. The van der Waals surface area contributed by atoms with Crippen LogP contribution in [0, 0.1) is 0 Å². The van der Waals surface area contributed by atoms with Crippen molar-refractivity contribution in [2.24, 2.45) is 0 Å². The second kappa shape index (κ2) is 12.9. The molecule has 9 heteroatoms. The van der Waals surface area contributed by atoms with Gasteiger partial charge in [-0.25, -0.2) is 4.68 Å². The summed E-state index contributed by atoms with van der Waals surface area (Å²) in [6, 6.07) is 0. The molecule has 1 aliphatic rings. The maximum Gasteiger partial charge on any atom is 0.165 e. The lowest BCUT2D eigenvalue weighted by atomic mass is 9.95. The molecule has 2 rings (SSSR count). The Labute approximate surface area is 167 Å². The van der Waals surface area contributed by atoms with E-state index in [9.17, 15) is 10.2 Å². The molecule has 0 amide bonds. The summed E-state index contributed by atoms with van der Waals surface area (Å²) < 4.78 is 7.42. The van der Waals surface area contributed by atoms with Gasteiger partial charge in [-0.15, -0.1) is 5.10 Å². The predicted molar refractivity (Wildman–Crippen MR) is 110 cm³/mol. The van der Waals surface area contributed by atoms with Crippen LogP contribution in [-0.4, -0.2) is 59.5 Å². The molecule has 1 aromatic rings. The van der Waals surface area contributed by atoms with Crippen molar-refractivity contribution < 1.29 is 24.7 Å². The zero-order chi connectivity index (χ0) is 21.1. The molecule has 28 heavy (non-hydrogen) atoms. The van der Waals surface area contributed by atoms with Crippen LogP contribution in [0.1, 0.15) is 52.3 Å². The third kappa shape index (κ3) is 7.20. The van der Waals surface area contributed by atoms with Gasteiger partial charge in [0, 0.05) is 12.6 Å². The van der Waals surface area contributed by atoms with Gasteiger partial charge in [0.15, 0.2) is 8.38 Å². The molecule has 4 unspecified atom stereocenters. The van der Waals surface area contributed by atoms with E-state index in [0.29, 0.717) is 12.1 Å². The quantitative estimate of drug-likeness (QED) is 0.400. The van der Waals surface area contributed by atoms with Gasteiger partial charge >= 0.3 is 0 Å². The zero-order valence-corrected chi connectivity index (χ0v) is 17.8. The summed E-state index contributed by atoms with van der Waals surface area (Å²) in [5.41, 5.74) is 1.20. The fourth-order valence-electron chi connectivity index (χ4n) is 2.75. The molecule has 1 aromatic heterocycles. The van der Waals surface area contributed by atoms with E-state index in [1.807, 2.05) is 58.1 Å². The highest BCUT2D eigenvalue weighted by atomic mass is 31.2. The van der Waals surface area contributed by atoms with E-state index in [-0.39, 0.29) is 18.7 Å². The number of rotatable bonds is 7. The van der Waals surface area contributed by atoms with Crippen molar-refractivity contribution in [2.75, 3.05) is 6.16 Å². The summed E-state index contributed by atoms with van der Waals surface area (Å²) in [7, 11) is -2.01. The van der Waals surface area contributed by atoms with Crippen LogP contribution in [0.4, 0.5) is 0 Å². The summed E-state index contributed by atoms with van der Waals surface area (Å²) in [6.45, 7) is 7.81. The molecule has 2 heterocycles. The first-order chi connectivity index (χ1) is 13.5. The van der Waals surface area contributed by atoms with Crippen molar-refractivity contribution in [3.63, 3.8) is 0 Å². The fraction of sp³-hybridized carbons (Fsp3) is 0.579. The SMILES string of the molecule is CC.C\C=C/C=C(\C=C/C)n1cc(C2OC(CCP(O)O)CC(O)C2O)nn1. The number of nitrogens with zero attached hydrogens (tertiary/aromatic N) is 3. The van der Waals surface area contributed by atoms with Crippen molar-refractivity contribution in [3.8, 4) is 0 Å². The Balaban J connectivity index is 0.00000190. The lowest BCUT2D eigenvalue weighted by molar-refractivity contribution is -0.172. The van der Waals surface area contributed by atoms with Crippen molar-refractivity contribution >= 4 is 14.1 Å². The normalized spacial score (nSPS) is 26.1. The highest BCUT2D eigenvalue weighted by Crippen LogP contribution is 2.34. The largest absolute Gasteiger partial charge is 0.390 e. The number of aliphatic hydroxyl groups is 2. The Morgan fingerprint density at radius 3 is 2.61 bits per heavy atom. The molecule has 0 radical (unpaired) electrons. The second-order valence-electron chi connectivity index (χ2n) is 6.06. The van der Waals surface area contributed by atoms with Gasteiger partial charge in [0.25, 0.3) is 0 Å². The topological polar surface area (TPSA) is 121 Å². The van der Waals surface area contributed by atoms with Crippen molar-refractivity contribution in [1.82, 2.24) is 15.0 Å². The number of hydrogen-bond donors (Lipinski definition) is 4. The van der Waals surface area contributed by atoms with Crippen molar-refractivity contribution in [3.05, 3.63) is 42.3 Å². The first-order valence-corrected chi connectivity index (χ1v) is 10.9. The summed E-state index contributed by atoms with van der Waals surface area (Å²) in [5.74, 6) is 0. The van der Waals surface area contributed by atoms with E-state index >= 15 is 0 Å². The highest BCUT2D eigenvalue weighted by molar-refractivity contribution is 7.45. The van der Waals surface area contributed by atoms with E-state index < -0.39 is 26.7 Å². The van der Waals surface area contributed by atoms with E-state index in [1.165, 1.54) is 0 Å². The Morgan fingerprint density at radius 1 is 1.29 bits per heavy atom. The number of hydrogen-bond acceptors (Lipinski definition) is 7. The molecule has 0 saturated carbocycles. The minimum absolute atomic E-state index is 0.194. The molecule has 0 bridgehead atoms. The van der Waals surface area contributed by atoms with Gasteiger partial charge in [-0.2, -0.15) is 0 Å². The second-order valence-corrected chi connectivity index (χ2v) is 7.25. The van der Waals surface area contributed by atoms with Crippen LogP contribution in [0.15, 0.2) is 36.6 Å². The number of allylic oxidation sites excluding steroid dienone is 6. The Hall–Kier alpha value is -1.41. The first kappa shape index (κ1) is 24.6. The molecular weight excluding hydrogens is 381 g/mol. The van der Waals surface area contributed by atoms with Gasteiger partial charge in [-0.1, -0.05) is 37.3 Å². The predicted octanol–water partition coefficient (Wildman–Crippen LogP) is 2.54. The third-order valence-corrected chi connectivity index (χ3v) is 4.72. The Morgan fingerprint density at radius 2 is 2.00 bits per heavy atom. The van der Waals surface area contributed by atoms with Crippen LogP contribution in [0.3, 0.4) is 0 Å². The van der Waals surface area contributed by atoms with Crippen molar-refractivity contribution in [2.45, 2.75) is 65.0 Å². The molecule has 0 aromatic carbocycles. The van der Waals surface area contributed by atoms with Crippen LogP contribution in [0.2, 0.25) is 0 Å². The van der Waals surface area contributed by atoms with Gasteiger partial charge in [-0.3, -0.25) is 0 Å².